The van der Waals surface area contributed by atoms with E-state index in [4.69, 9.17) is 4.74 Å². The Kier molecular flexibility index (Phi) is 4.27. The van der Waals surface area contributed by atoms with E-state index in [2.05, 4.69) is 25.0 Å². The lowest BCUT2D eigenvalue weighted by Crippen LogP contribution is -2.66. The standard InChI is InChI=1S/C20H31N5O2/c1-27-5-4-24-3-2-17(11-24)18(26)23-19-7-15-6-16(8-19)10-20(9-15,12-19)25-14-21-13-22-25/h13-17H,2-12H2,1H3,(H,23,26)/t15-,16+,17-,19?,20?/m1/s1. The summed E-state index contributed by atoms with van der Waals surface area (Å²) < 4.78 is 7.29. The molecule has 7 heteroatoms. The maximum absolute atomic E-state index is 13.1. The fourth-order valence-corrected chi connectivity index (χ4v) is 6.92. The van der Waals surface area contributed by atoms with Crippen LogP contribution in [-0.2, 0) is 15.1 Å². The fraction of sp³-hybridized carbons (Fsp3) is 0.850. The quantitative estimate of drug-likeness (QED) is 0.816. The van der Waals surface area contributed by atoms with Crippen LogP contribution in [0.2, 0.25) is 0 Å². The number of ether oxygens (including phenoxy) is 1. The SMILES string of the molecule is COCCN1CC[C@@H](C(=O)NC23C[C@H]4C[C@@H](C2)CC(n2cncn2)(C4)C3)C1. The molecular formula is C20H31N5O2. The molecule has 1 amide bonds. The molecule has 5 atom stereocenters. The van der Waals surface area contributed by atoms with Crippen molar-refractivity contribution < 1.29 is 9.53 Å². The van der Waals surface area contributed by atoms with Gasteiger partial charge in [-0.3, -0.25) is 4.79 Å². The summed E-state index contributed by atoms with van der Waals surface area (Å²) >= 11 is 0. The van der Waals surface area contributed by atoms with Gasteiger partial charge in [-0.2, -0.15) is 5.10 Å². The number of methoxy groups -OCH3 is 1. The van der Waals surface area contributed by atoms with E-state index in [1.807, 2.05) is 6.33 Å². The van der Waals surface area contributed by atoms with Crippen molar-refractivity contribution in [3.8, 4) is 0 Å². The summed E-state index contributed by atoms with van der Waals surface area (Å²) in [6, 6.07) is 0. The Hall–Kier alpha value is -1.47. The number of hydrogen-bond donors (Lipinski definition) is 1. The fourth-order valence-electron chi connectivity index (χ4n) is 6.92. The summed E-state index contributed by atoms with van der Waals surface area (Å²) in [6.45, 7) is 3.53. The average molecular weight is 374 g/mol. The lowest BCUT2D eigenvalue weighted by atomic mass is 9.50. The van der Waals surface area contributed by atoms with Crippen molar-refractivity contribution in [2.24, 2.45) is 17.8 Å². The molecule has 0 radical (unpaired) electrons. The van der Waals surface area contributed by atoms with Gasteiger partial charge in [-0.05, 0) is 63.3 Å². The Balaban J connectivity index is 1.30. The van der Waals surface area contributed by atoms with Crippen LogP contribution in [0, 0.1) is 17.8 Å². The number of nitrogens with one attached hydrogen (secondary N) is 1. The third-order valence-corrected chi connectivity index (χ3v) is 7.58. The van der Waals surface area contributed by atoms with Gasteiger partial charge in [-0.25, -0.2) is 9.67 Å². The molecule has 1 aliphatic heterocycles. The second kappa shape index (κ2) is 6.55. The first kappa shape index (κ1) is 17.6. The van der Waals surface area contributed by atoms with E-state index in [1.54, 1.807) is 13.4 Å². The van der Waals surface area contributed by atoms with Crippen LogP contribution in [0.25, 0.3) is 0 Å². The second-order valence-electron chi connectivity index (χ2n) is 9.57. The predicted octanol–water partition coefficient (Wildman–Crippen LogP) is 1.41. The predicted molar refractivity (Wildman–Crippen MR) is 100.0 cm³/mol. The maximum Gasteiger partial charge on any atom is 0.224 e. The Morgan fingerprint density at radius 3 is 2.81 bits per heavy atom. The molecule has 1 N–H and O–H groups in total. The number of amides is 1. The Morgan fingerprint density at radius 2 is 2.11 bits per heavy atom. The molecular weight excluding hydrogens is 342 g/mol. The molecule has 0 aromatic carbocycles. The highest BCUT2D eigenvalue weighted by molar-refractivity contribution is 5.80. The summed E-state index contributed by atoms with van der Waals surface area (Å²) in [5.41, 5.74) is 0.0289. The van der Waals surface area contributed by atoms with E-state index in [1.165, 1.54) is 19.3 Å². The zero-order chi connectivity index (χ0) is 18.5. The maximum atomic E-state index is 13.1. The normalized spacial score (nSPS) is 40.6. The molecule has 2 unspecified atom stereocenters. The minimum atomic E-state index is -0.0347. The summed E-state index contributed by atoms with van der Waals surface area (Å²) in [4.78, 5) is 19.7. The second-order valence-corrected chi connectivity index (χ2v) is 9.57. The van der Waals surface area contributed by atoms with Gasteiger partial charge in [0.05, 0.1) is 18.1 Å². The van der Waals surface area contributed by atoms with Gasteiger partial charge in [-0.15, -0.1) is 0 Å². The molecule has 1 saturated heterocycles. The molecule has 1 aromatic heterocycles. The number of aromatic nitrogens is 3. The Morgan fingerprint density at radius 1 is 1.30 bits per heavy atom. The van der Waals surface area contributed by atoms with Crippen LogP contribution in [0.4, 0.5) is 0 Å². The molecule has 148 valence electrons. The third-order valence-electron chi connectivity index (χ3n) is 7.58. The zero-order valence-electron chi connectivity index (χ0n) is 16.3. The summed E-state index contributed by atoms with van der Waals surface area (Å²) in [5, 5.41) is 8.08. The smallest absolute Gasteiger partial charge is 0.224 e. The van der Waals surface area contributed by atoms with Crippen LogP contribution in [0.3, 0.4) is 0 Å². The number of carbonyl (C=O) groups excluding carboxylic acids is 1. The van der Waals surface area contributed by atoms with Gasteiger partial charge in [0.15, 0.2) is 0 Å². The van der Waals surface area contributed by atoms with E-state index in [0.717, 1.165) is 51.9 Å². The molecule has 6 rings (SSSR count). The first-order valence-electron chi connectivity index (χ1n) is 10.5. The number of likely N-dealkylation sites (tertiary alicyclic amines) is 1. The van der Waals surface area contributed by atoms with E-state index in [9.17, 15) is 4.79 Å². The molecule has 1 aromatic rings. The van der Waals surface area contributed by atoms with Crippen LogP contribution in [0.15, 0.2) is 12.7 Å². The Labute approximate surface area is 160 Å². The van der Waals surface area contributed by atoms with Crippen LogP contribution >= 0.6 is 0 Å². The van der Waals surface area contributed by atoms with E-state index < -0.39 is 0 Å². The van der Waals surface area contributed by atoms with Crippen molar-refractivity contribution in [2.45, 2.75) is 56.0 Å². The number of rotatable bonds is 6. The van der Waals surface area contributed by atoms with Gasteiger partial charge >= 0.3 is 0 Å². The summed E-state index contributed by atoms with van der Waals surface area (Å²) in [6.07, 6.45) is 11.5. The van der Waals surface area contributed by atoms with Gasteiger partial charge in [0, 0.05) is 25.7 Å². The van der Waals surface area contributed by atoms with Crippen LogP contribution < -0.4 is 5.32 Å². The molecule has 27 heavy (non-hydrogen) atoms. The number of nitrogens with zero attached hydrogens (tertiary/aromatic N) is 4. The van der Waals surface area contributed by atoms with Crippen molar-refractivity contribution >= 4 is 5.91 Å². The van der Waals surface area contributed by atoms with Crippen LogP contribution in [0.5, 0.6) is 0 Å². The van der Waals surface area contributed by atoms with Gasteiger partial charge < -0.3 is 15.0 Å². The first-order chi connectivity index (χ1) is 13.1. The van der Waals surface area contributed by atoms with Crippen molar-refractivity contribution in [2.75, 3.05) is 33.4 Å². The van der Waals surface area contributed by atoms with Crippen molar-refractivity contribution in [3.63, 3.8) is 0 Å². The van der Waals surface area contributed by atoms with Gasteiger partial charge in [0.2, 0.25) is 5.91 Å². The van der Waals surface area contributed by atoms with Gasteiger partial charge in [0.1, 0.15) is 12.7 Å². The van der Waals surface area contributed by atoms with E-state index in [-0.39, 0.29) is 22.9 Å². The minimum absolute atomic E-state index is 0.0347. The molecule has 4 saturated carbocycles. The highest BCUT2D eigenvalue weighted by Crippen LogP contribution is 2.60. The van der Waals surface area contributed by atoms with Crippen LogP contribution in [-0.4, -0.2) is 64.5 Å². The topological polar surface area (TPSA) is 72.3 Å². The summed E-state index contributed by atoms with van der Waals surface area (Å²) in [7, 11) is 1.73. The Bertz CT molecular complexity index is 677. The van der Waals surface area contributed by atoms with Crippen LogP contribution in [0.1, 0.15) is 44.9 Å². The lowest BCUT2D eigenvalue weighted by Gasteiger charge is -2.62. The molecule has 0 spiro atoms. The van der Waals surface area contributed by atoms with Crippen molar-refractivity contribution in [1.29, 1.82) is 0 Å². The summed E-state index contributed by atoms with van der Waals surface area (Å²) in [5.74, 6) is 1.80. The van der Waals surface area contributed by atoms with E-state index >= 15 is 0 Å². The molecule has 5 aliphatic rings. The highest BCUT2D eigenvalue weighted by atomic mass is 16.5. The van der Waals surface area contributed by atoms with E-state index in [0.29, 0.717) is 11.8 Å². The number of hydrogen-bond acceptors (Lipinski definition) is 5. The largest absolute Gasteiger partial charge is 0.383 e. The molecule has 5 fully saturated rings. The first-order valence-corrected chi connectivity index (χ1v) is 10.5. The van der Waals surface area contributed by atoms with Crippen molar-refractivity contribution in [1.82, 2.24) is 25.0 Å². The van der Waals surface area contributed by atoms with Gasteiger partial charge in [0.25, 0.3) is 0 Å². The molecule has 2 heterocycles. The minimum Gasteiger partial charge on any atom is -0.383 e. The molecule has 4 bridgehead atoms. The monoisotopic (exact) mass is 373 g/mol. The zero-order valence-corrected chi connectivity index (χ0v) is 16.3. The highest BCUT2D eigenvalue weighted by Gasteiger charge is 2.59. The molecule has 4 aliphatic carbocycles. The number of carbonyl (C=O) groups is 1. The van der Waals surface area contributed by atoms with Gasteiger partial charge in [-0.1, -0.05) is 0 Å². The van der Waals surface area contributed by atoms with Crippen molar-refractivity contribution in [3.05, 3.63) is 12.7 Å². The third kappa shape index (κ3) is 3.09. The average Bonchev–Trinajstić information content (AvgIpc) is 3.30. The lowest BCUT2D eigenvalue weighted by molar-refractivity contribution is -0.134. The molecule has 7 nitrogen and oxygen atoms in total.